The minimum absolute atomic E-state index is 0.00708. The third-order valence-corrected chi connectivity index (χ3v) is 14.1. The van der Waals surface area contributed by atoms with E-state index in [1.807, 2.05) is 18.2 Å². The SMILES string of the molecule is CC1c2ccc(Oc3ccc4c(c3)c3cc(C(C)(C)C)ccc3n4-c3ccc4oc5ccccc5c4c3)cc2-c2cc(C(C)(C)C)ccc2CC1c1ccc2oc3ccccc3c2c1. The molecule has 8 aromatic carbocycles. The number of benzene rings is 8. The van der Waals surface area contributed by atoms with Gasteiger partial charge in [-0.25, -0.2) is 0 Å². The Balaban J connectivity index is 0.976. The lowest BCUT2D eigenvalue weighted by Gasteiger charge is -2.24. The van der Waals surface area contributed by atoms with Crippen LogP contribution in [0.15, 0.2) is 167 Å². The van der Waals surface area contributed by atoms with Crippen LogP contribution in [-0.4, -0.2) is 4.57 Å². The van der Waals surface area contributed by atoms with Crippen LogP contribution in [0.25, 0.3) is 82.5 Å². The number of hydrogen-bond acceptors (Lipinski definition) is 3. The molecule has 0 radical (unpaired) electrons. The summed E-state index contributed by atoms with van der Waals surface area (Å²) in [6, 6.07) is 57.5. The van der Waals surface area contributed by atoms with Gasteiger partial charge >= 0.3 is 0 Å². The normalized spacial score (nSPS) is 15.7. The number of nitrogens with zero attached hydrogens (tertiary/aromatic N) is 1. The third-order valence-electron chi connectivity index (χ3n) is 14.1. The van der Waals surface area contributed by atoms with E-state index in [4.69, 9.17) is 13.6 Å². The molecule has 2 unspecified atom stereocenters. The number of aromatic nitrogens is 1. The minimum Gasteiger partial charge on any atom is -0.457 e. The molecule has 314 valence electrons. The lowest BCUT2D eigenvalue weighted by atomic mass is 9.80. The van der Waals surface area contributed by atoms with Crippen LogP contribution >= 0.6 is 0 Å². The Bertz CT molecular complexity index is 3670. The first-order valence-electron chi connectivity index (χ1n) is 22.7. The summed E-state index contributed by atoms with van der Waals surface area (Å²) in [4.78, 5) is 0. The summed E-state index contributed by atoms with van der Waals surface area (Å²) in [5.41, 5.74) is 16.3. The Morgan fingerprint density at radius 3 is 1.78 bits per heavy atom. The van der Waals surface area contributed by atoms with Gasteiger partial charge in [-0.05, 0) is 153 Å². The average molecular weight is 834 g/mol. The van der Waals surface area contributed by atoms with Gasteiger partial charge in [0.2, 0.25) is 0 Å². The molecule has 0 amide bonds. The Kier molecular flexibility index (Phi) is 8.44. The van der Waals surface area contributed by atoms with Crippen LogP contribution in [0.1, 0.15) is 88.1 Å². The molecule has 0 fully saturated rings. The summed E-state index contributed by atoms with van der Waals surface area (Å²) in [6.07, 6.45) is 0.939. The zero-order valence-corrected chi connectivity index (χ0v) is 37.5. The number of rotatable bonds is 4. The molecule has 0 saturated carbocycles. The van der Waals surface area contributed by atoms with Gasteiger partial charge < -0.3 is 18.1 Å². The molecule has 0 saturated heterocycles. The molecule has 3 aromatic heterocycles. The third kappa shape index (κ3) is 6.18. The molecule has 12 rings (SSSR count). The number of fused-ring (bicyclic) bond motifs is 12. The van der Waals surface area contributed by atoms with Crippen LogP contribution in [0, 0.1) is 0 Å². The van der Waals surface area contributed by atoms with Crippen LogP contribution in [-0.2, 0) is 17.3 Å². The lowest BCUT2D eigenvalue weighted by Crippen LogP contribution is -2.12. The molecule has 0 N–H and O–H groups in total. The van der Waals surface area contributed by atoms with Crippen LogP contribution in [0.3, 0.4) is 0 Å². The fraction of sp³-hybridized carbons (Fsp3) is 0.200. The maximum absolute atomic E-state index is 6.96. The molecular weight excluding hydrogens is 783 g/mol. The quantitative estimate of drug-likeness (QED) is 0.177. The monoisotopic (exact) mass is 833 g/mol. The molecule has 3 heterocycles. The van der Waals surface area contributed by atoms with Gasteiger partial charge in [0, 0.05) is 38.0 Å². The Hall–Kier alpha value is -7.04. The van der Waals surface area contributed by atoms with Crippen LogP contribution in [0.4, 0.5) is 0 Å². The van der Waals surface area contributed by atoms with Crippen molar-refractivity contribution in [2.24, 2.45) is 0 Å². The van der Waals surface area contributed by atoms with E-state index in [1.54, 1.807) is 0 Å². The fourth-order valence-corrected chi connectivity index (χ4v) is 10.5. The van der Waals surface area contributed by atoms with Crippen molar-refractivity contribution in [3.05, 3.63) is 186 Å². The topological polar surface area (TPSA) is 40.4 Å². The van der Waals surface area contributed by atoms with Gasteiger partial charge in [-0.2, -0.15) is 0 Å². The zero-order valence-electron chi connectivity index (χ0n) is 37.5. The molecule has 1 aliphatic rings. The average Bonchev–Trinajstić information content (AvgIpc) is 3.93. The highest BCUT2D eigenvalue weighted by molar-refractivity contribution is 6.11. The van der Waals surface area contributed by atoms with E-state index in [2.05, 4.69) is 193 Å². The van der Waals surface area contributed by atoms with Gasteiger partial charge in [-0.1, -0.05) is 121 Å². The van der Waals surface area contributed by atoms with Crippen molar-refractivity contribution in [1.29, 1.82) is 0 Å². The summed E-state index contributed by atoms with van der Waals surface area (Å²) in [7, 11) is 0. The number of ether oxygens (including phenoxy) is 1. The first-order chi connectivity index (χ1) is 30.9. The summed E-state index contributed by atoms with van der Waals surface area (Å²) < 4.78 is 21.8. The standard InChI is InChI=1S/C60H51NO3/c1-35-43-23-21-41(33-48(43)47-30-38(59(2,3)4)18-16-37(47)28-46(35)36-17-26-57-51(29-36)44-12-8-10-14-55(44)63-57)62-42-22-25-54-50(34-42)49-31-39(60(5,6)7)19-24-53(49)61(54)40-20-27-58-52(32-40)45-13-9-11-15-56(45)64-58/h8-27,29-35,46H,28H2,1-7H3. The Morgan fingerprint density at radius 2 is 1.06 bits per heavy atom. The molecule has 0 spiro atoms. The summed E-state index contributed by atoms with van der Waals surface area (Å²) in [5.74, 6) is 2.17. The molecule has 4 heteroatoms. The van der Waals surface area contributed by atoms with E-state index < -0.39 is 0 Å². The second-order valence-electron chi connectivity index (χ2n) is 20.2. The molecule has 0 aliphatic heterocycles. The van der Waals surface area contributed by atoms with Crippen molar-refractivity contribution < 1.29 is 13.6 Å². The van der Waals surface area contributed by atoms with E-state index in [-0.39, 0.29) is 22.7 Å². The van der Waals surface area contributed by atoms with Crippen LogP contribution in [0.5, 0.6) is 11.5 Å². The second kappa shape index (κ2) is 14.0. The van der Waals surface area contributed by atoms with Crippen molar-refractivity contribution in [2.45, 2.75) is 77.6 Å². The van der Waals surface area contributed by atoms with Gasteiger partial charge in [0.15, 0.2) is 0 Å². The van der Waals surface area contributed by atoms with Gasteiger partial charge in [0.25, 0.3) is 0 Å². The molecule has 0 bridgehead atoms. The zero-order chi connectivity index (χ0) is 43.6. The van der Waals surface area contributed by atoms with Gasteiger partial charge in [-0.3, -0.25) is 0 Å². The van der Waals surface area contributed by atoms with Crippen molar-refractivity contribution in [3.8, 4) is 28.3 Å². The van der Waals surface area contributed by atoms with E-state index >= 15 is 0 Å². The highest BCUT2D eigenvalue weighted by atomic mass is 16.5. The molecule has 11 aromatic rings. The first-order valence-corrected chi connectivity index (χ1v) is 22.7. The Morgan fingerprint density at radius 1 is 0.484 bits per heavy atom. The molecular formula is C60H51NO3. The minimum atomic E-state index is -0.00708. The van der Waals surface area contributed by atoms with E-state index in [0.29, 0.717) is 0 Å². The molecule has 4 nitrogen and oxygen atoms in total. The largest absolute Gasteiger partial charge is 0.457 e. The fourth-order valence-electron chi connectivity index (χ4n) is 10.5. The summed E-state index contributed by atoms with van der Waals surface area (Å²) in [5, 5.41) is 6.95. The number of hydrogen-bond donors (Lipinski definition) is 0. The van der Waals surface area contributed by atoms with Crippen LogP contribution < -0.4 is 4.74 Å². The van der Waals surface area contributed by atoms with E-state index in [0.717, 1.165) is 73.1 Å². The highest BCUT2D eigenvalue weighted by Crippen LogP contribution is 2.49. The van der Waals surface area contributed by atoms with Crippen molar-refractivity contribution >= 4 is 65.7 Å². The highest BCUT2D eigenvalue weighted by Gasteiger charge is 2.31. The molecule has 1 aliphatic carbocycles. The predicted octanol–water partition coefficient (Wildman–Crippen LogP) is 17.1. The van der Waals surface area contributed by atoms with Crippen molar-refractivity contribution in [3.63, 3.8) is 0 Å². The maximum Gasteiger partial charge on any atom is 0.135 e. The predicted molar refractivity (Wildman–Crippen MR) is 266 cm³/mol. The molecule has 64 heavy (non-hydrogen) atoms. The smallest absolute Gasteiger partial charge is 0.135 e. The van der Waals surface area contributed by atoms with Gasteiger partial charge in [0.05, 0.1) is 11.0 Å². The van der Waals surface area contributed by atoms with E-state index in [9.17, 15) is 0 Å². The summed E-state index contributed by atoms with van der Waals surface area (Å²) >= 11 is 0. The Labute approximate surface area is 373 Å². The maximum atomic E-state index is 6.96. The van der Waals surface area contributed by atoms with Crippen molar-refractivity contribution in [2.75, 3.05) is 0 Å². The number of furan rings is 2. The van der Waals surface area contributed by atoms with Crippen LogP contribution in [0.2, 0.25) is 0 Å². The summed E-state index contributed by atoms with van der Waals surface area (Å²) in [6.45, 7) is 16.2. The molecule has 2 atom stereocenters. The van der Waals surface area contributed by atoms with Crippen molar-refractivity contribution in [1.82, 2.24) is 4.57 Å². The van der Waals surface area contributed by atoms with Gasteiger partial charge in [-0.15, -0.1) is 0 Å². The first kappa shape index (κ1) is 38.6. The second-order valence-corrected chi connectivity index (χ2v) is 20.2. The lowest BCUT2D eigenvalue weighted by molar-refractivity contribution is 0.483. The number of para-hydroxylation sites is 2. The van der Waals surface area contributed by atoms with E-state index in [1.165, 1.54) is 55.1 Å². The van der Waals surface area contributed by atoms with Gasteiger partial charge in [0.1, 0.15) is 33.8 Å².